The third kappa shape index (κ3) is 5.79. The van der Waals surface area contributed by atoms with Gasteiger partial charge in [-0.1, -0.05) is 51.8 Å². The van der Waals surface area contributed by atoms with Crippen LogP contribution in [-0.4, -0.2) is 11.1 Å². The number of hydrogen-bond acceptors (Lipinski definition) is 4. The Morgan fingerprint density at radius 1 is 1.10 bits per heavy atom. The predicted molar refractivity (Wildman–Crippen MR) is 132 cm³/mol. The molecule has 1 amide bonds. The van der Waals surface area contributed by atoms with E-state index in [-0.39, 0.29) is 5.91 Å². The molecular formula is C24H18BrClN2O2S. The van der Waals surface area contributed by atoms with Crippen molar-refractivity contribution in [2.45, 2.75) is 13.5 Å². The molecule has 0 bridgehead atoms. The van der Waals surface area contributed by atoms with Crippen LogP contribution in [0.25, 0.3) is 6.08 Å². The Balaban J connectivity index is 1.41. The number of halogens is 2. The summed E-state index contributed by atoms with van der Waals surface area (Å²) >= 11 is 10.7. The fourth-order valence-corrected chi connectivity index (χ4v) is 4.22. The average Bonchev–Trinajstić information content (AvgIpc) is 3.09. The Hall–Kier alpha value is -2.54. The second-order valence-electron chi connectivity index (χ2n) is 6.90. The van der Waals surface area contributed by atoms with E-state index in [0.717, 1.165) is 32.6 Å². The predicted octanol–water partition coefficient (Wildman–Crippen LogP) is 6.88. The molecule has 0 aliphatic carbocycles. The minimum absolute atomic E-state index is 0.161. The summed E-state index contributed by atoms with van der Waals surface area (Å²) in [5, 5.41) is 4.03. The van der Waals surface area contributed by atoms with Crippen molar-refractivity contribution in [3.05, 3.63) is 97.8 Å². The summed E-state index contributed by atoms with van der Waals surface area (Å²) in [5.74, 6) is 0.611. The zero-order valence-electron chi connectivity index (χ0n) is 16.6. The maximum atomic E-state index is 12.3. The molecule has 4 nitrogen and oxygen atoms in total. The summed E-state index contributed by atoms with van der Waals surface area (Å²) in [5.41, 5.74) is 3.74. The van der Waals surface area contributed by atoms with E-state index in [1.54, 1.807) is 6.07 Å². The van der Waals surface area contributed by atoms with Crippen LogP contribution in [-0.2, 0) is 11.4 Å². The van der Waals surface area contributed by atoms with Gasteiger partial charge in [-0.3, -0.25) is 4.79 Å². The molecule has 0 aromatic heterocycles. The quantitative estimate of drug-likeness (QED) is 0.378. The number of ether oxygens (including phenoxy) is 1. The lowest BCUT2D eigenvalue weighted by atomic mass is 10.2. The molecule has 3 aromatic carbocycles. The fourth-order valence-electron chi connectivity index (χ4n) is 2.89. The number of aliphatic imine (C=N–C) groups is 1. The lowest BCUT2D eigenvalue weighted by Crippen LogP contribution is -2.19. The number of amidine groups is 1. The summed E-state index contributed by atoms with van der Waals surface area (Å²) < 4.78 is 6.87. The number of nitrogens with one attached hydrogen (secondary N) is 1. The smallest absolute Gasteiger partial charge is 0.264 e. The van der Waals surface area contributed by atoms with Crippen LogP contribution in [0.3, 0.4) is 0 Å². The SMILES string of the molecule is Cc1cc(Cl)ccc1N=C1NC(=O)/C(=C/c2ccc(OCc3ccc(Br)cc3)cc2)S1. The zero-order valence-corrected chi connectivity index (χ0v) is 19.7. The number of thioether (sulfide) groups is 1. The molecule has 0 saturated carbocycles. The third-order valence-electron chi connectivity index (χ3n) is 4.53. The van der Waals surface area contributed by atoms with Crippen LogP contribution < -0.4 is 10.1 Å². The van der Waals surface area contributed by atoms with Gasteiger partial charge in [0.25, 0.3) is 5.91 Å². The molecular weight excluding hydrogens is 496 g/mol. The maximum absolute atomic E-state index is 12.3. The third-order valence-corrected chi connectivity index (χ3v) is 6.20. The van der Waals surface area contributed by atoms with Crippen LogP contribution in [0.2, 0.25) is 5.02 Å². The van der Waals surface area contributed by atoms with Gasteiger partial charge in [-0.2, -0.15) is 0 Å². The molecule has 4 rings (SSSR count). The van der Waals surface area contributed by atoms with E-state index in [1.165, 1.54) is 11.8 Å². The number of hydrogen-bond donors (Lipinski definition) is 1. The monoisotopic (exact) mass is 512 g/mol. The van der Waals surface area contributed by atoms with Crippen molar-refractivity contribution in [3.8, 4) is 5.75 Å². The highest BCUT2D eigenvalue weighted by molar-refractivity contribution is 9.10. The molecule has 0 spiro atoms. The van der Waals surface area contributed by atoms with E-state index in [4.69, 9.17) is 16.3 Å². The Morgan fingerprint density at radius 3 is 2.55 bits per heavy atom. The summed E-state index contributed by atoms with van der Waals surface area (Å²) in [6.07, 6.45) is 1.84. The van der Waals surface area contributed by atoms with E-state index in [2.05, 4.69) is 26.2 Å². The van der Waals surface area contributed by atoms with Gasteiger partial charge < -0.3 is 10.1 Å². The van der Waals surface area contributed by atoms with Gasteiger partial charge >= 0.3 is 0 Å². The first-order valence-corrected chi connectivity index (χ1v) is 11.5. The molecule has 1 aliphatic rings. The van der Waals surface area contributed by atoms with Gasteiger partial charge in [-0.05, 0) is 83.9 Å². The molecule has 1 N–H and O–H groups in total. The molecule has 0 atom stereocenters. The molecule has 156 valence electrons. The summed E-state index contributed by atoms with van der Waals surface area (Å²) in [7, 11) is 0. The molecule has 1 heterocycles. The summed E-state index contributed by atoms with van der Waals surface area (Å²) in [6.45, 7) is 2.43. The Kier molecular flexibility index (Phi) is 6.80. The minimum atomic E-state index is -0.161. The number of carbonyl (C=O) groups is 1. The second kappa shape index (κ2) is 9.73. The maximum Gasteiger partial charge on any atom is 0.264 e. The van der Waals surface area contributed by atoms with Crippen LogP contribution >= 0.6 is 39.3 Å². The highest BCUT2D eigenvalue weighted by Gasteiger charge is 2.24. The average molecular weight is 514 g/mol. The van der Waals surface area contributed by atoms with E-state index < -0.39 is 0 Å². The zero-order chi connectivity index (χ0) is 21.8. The van der Waals surface area contributed by atoms with E-state index in [9.17, 15) is 4.79 Å². The number of nitrogens with zero attached hydrogens (tertiary/aromatic N) is 1. The van der Waals surface area contributed by atoms with Gasteiger partial charge in [0.1, 0.15) is 12.4 Å². The number of rotatable bonds is 5. The number of amides is 1. The van der Waals surface area contributed by atoms with Gasteiger partial charge in [-0.15, -0.1) is 0 Å². The molecule has 1 fully saturated rings. The molecule has 31 heavy (non-hydrogen) atoms. The van der Waals surface area contributed by atoms with Crippen molar-refractivity contribution in [1.82, 2.24) is 5.32 Å². The van der Waals surface area contributed by atoms with E-state index >= 15 is 0 Å². The van der Waals surface area contributed by atoms with E-state index in [1.807, 2.05) is 73.7 Å². The van der Waals surface area contributed by atoms with Crippen molar-refractivity contribution in [2.24, 2.45) is 4.99 Å². The summed E-state index contributed by atoms with van der Waals surface area (Å²) in [4.78, 5) is 17.5. The fraction of sp³-hybridized carbons (Fsp3) is 0.0833. The Labute approximate surface area is 198 Å². The molecule has 0 unspecified atom stereocenters. The van der Waals surface area contributed by atoms with Crippen LogP contribution in [0, 0.1) is 6.92 Å². The van der Waals surface area contributed by atoms with Gasteiger partial charge in [-0.25, -0.2) is 4.99 Å². The van der Waals surface area contributed by atoms with Crippen LogP contribution in [0.15, 0.2) is 81.1 Å². The van der Waals surface area contributed by atoms with Crippen molar-refractivity contribution in [2.75, 3.05) is 0 Å². The molecule has 1 saturated heterocycles. The normalized spacial score (nSPS) is 16.0. The van der Waals surface area contributed by atoms with Gasteiger partial charge in [0.05, 0.1) is 10.6 Å². The lowest BCUT2D eigenvalue weighted by Gasteiger charge is -2.07. The van der Waals surface area contributed by atoms with Crippen molar-refractivity contribution >= 4 is 62.1 Å². The van der Waals surface area contributed by atoms with Gasteiger partial charge in [0.15, 0.2) is 5.17 Å². The second-order valence-corrected chi connectivity index (χ2v) is 9.28. The largest absolute Gasteiger partial charge is 0.489 e. The van der Waals surface area contributed by atoms with Crippen LogP contribution in [0.1, 0.15) is 16.7 Å². The van der Waals surface area contributed by atoms with Crippen molar-refractivity contribution in [1.29, 1.82) is 0 Å². The van der Waals surface area contributed by atoms with Gasteiger partial charge in [0.2, 0.25) is 0 Å². The summed E-state index contributed by atoms with van der Waals surface area (Å²) in [6, 6.07) is 21.1. The standard InChI is InChI=1S/C24H18BrClN2O2S/c1-15-12-19(26)8-11-21(15)27-24-28-23(29)22(31-24)13-16-4-9-20(10-5-16)30-14-17-2-6-18(25)7-3-17/h2-13H,14H2,1H3,(H,27,28,29)/b22-13-. The van der Waals surface area contributed by atoms with Crippen LogP contribution in [0.5, 0.6) is 5.75 Å². The van der Waals surface area contributed by atoms with Crippen molar-refractivity contribution in [3.63, 3.8) is 0 Å². The first-order valence-electron chi connectivity index (χ1n) is 9.49. The number of aryl methyl sites for hydroxylation is 1. The highest BCUT2D eigenvalue weighted by Crippen LogP contribution is 2.30. The topological polar surface area (TPSA) is 50.7 Å². The number of benzene rings is 3. The minimum Gasteiger partial charge on any atom is -0.489 e. The first-order chi connectivity index (χ1) is 15.0. The lowest BCUT2D eigenvalue weighted by molar-refractivity contribution is -0.115. The molecule has 0 radical (unpaired) electrons. The van der Waals surface area contributed by atoms with Gasteiger partial charge in [0, 0.05) is 9.50 Å². The Bertz CT molecular complexity index is 1180. The Morgan fingerprint density at radius 2 is 1.84 bits per heavy atom. The van der Waals surface area contributed by atoms with Crippen LogP contribution in [0.4, 0.5) is 5.69 Å². The molecule has 3 aromatic rings. The van der Waals surface area contributed by atoms with Crippen molar-refractivity contribution < 1.29 is 9.53 Å². The molecule has 7 heteroatoms. The first kappa shape index (κ1) is 21.7. The van der Waals surface area contributed by atoms with E-state index in [0.29, 0.717) is 21.7 Å². The number of carbonyl (C=O) groups excluding carboxylic acids is 1. The highest BCUT2D eigenvalue weighted by atomic mass is 79.9. The molecule has 1 aliphatic heterocycles.